The lowest BCUT2D eigenvalue weighted by Gasteiger charge is -2.08. The summed E-state index contributed by atoms with van der Waals surface area (Å²) in [5, 5.41) is 2.50. The van der Waals surface area contributed by atoms with E-state index < -0.39 is 30.2 Å². The van der Waals surface area contributed by atoms with Crippen LogP contribution in [0.1, 0.15) is 10.4 Å². The van der Waals surface area contributed by atoms with Crippen molar-refractivity contribution in [3.05, 3.63) is 58.9 Å². The van der Waals surface area contributed by atoms with E-state index in [9.17, 15) is 18.8 Å². The molecular weight excluding hydrogens is 367 g/mol. The van der Waals surface area contributed by atoms with E-state index >= 15 is 0 Å². The molecule has 0 aliphatic heterocycles. The molecule has 2 amide bonds. The predicted molar refractivity (Wildman–Crippen MR) is 91.5 cm³/mol. The SMILES string of the molecule is NC(=O)COc1ccc(C(=O)OCC(=O)Nc2cc(Cl)ccc2F)cc1. The van der Waals surface area contributed by atoms with Crippen molar-refractivity contribution in [2.45, 2.75) is 0 Å². The van der Waals surface area contributed by atoms with Crippen molar-refractivity contribution in [1.29, 1.82) is 0 Å². The molecule has 2 rings (SSSR count). The van der Waals surface area contributed by atoms with E-state index in [2.05, 4.69) is 5.32 Å². The Morgan fingerprint density at radius 2 is 1.77 bits per heavy atom. The highest BCUT2D eigenvalue weighted by Gasteiger charge is 2.12. The van der Waals surface area contributed by atoms with Gasteiger partial charge in [0.15, 0.2) is 13.2 Å². The van der Waals surface area contributed by atoms with Crippen molar-refractivity contribution >= 4 is 35.1 Å². The summed E-state index contributed by atoms with van der Waals surface area (Å²) in [6.07, 6.45) is 0. The van der Waals surface area contributed by atoms with Crippen LogP contribution in [0.2, 0.25) is 5.02 Å². The highest BCUT2D eigenvalue weighted by atomic mass is 35.5. The van der Waals surface area contributed by atoms with E-state index in [0.717, 1.165) is 6.07 Å². The second-order valence-corrected chi connectivity index (χ2v) is 5.46. The van der Waals surface area contributed by atoms with Gasteiger partial charge in [-0.15, -0.1) is 0 Å². The molecule has 3 N–H and O–H groups in total. The molecule has 0 saturated carbocycles. The van der Waals surface area contributed by atoms with Crippen LogP contribution in [0.3, 0.4) is 0 Å². The molecule has 0 aliphatic rings. The minimum Gasteiger partial charge on any atom is -0.484 e. The molecule has 136 valence electrons. The van der Waals surface area contributed by atoms with Crippen LogP contribution in [0.5, 0.6) is 5.75 Å². The Hall–Kier alpha value is -3.13. The standard InChI is InChI=1S/C17H14ClFN2O5/c18-11-3-6-13(19)14(7-11)21-16(23)9-26-17(24)10-1-4-12(5-2-10)25-8-15(20)22/h1-7H,8-9H2,(H2,20,22)(H,21,23). The fourth-order valence-electron chi connectivity index (χ4n) is 1.84. The number of benzene rings is 2. The van der Waals surface area contributed by atoms with Gasteiger partial charge in [0.1, 0.15) is 11.6 Å². The van der Waals surface area contributed by atoms with E-state index in [0.29, 0.717) is 5.75 Å². The van der Waals surface area contributed by atoms with Gasteiger partial charge in [-0.1, -0.05) is 11.6 Å². The number of nitrogens with two attached hydrogens (primary N) is 1. The highest BCUT2D eigenvalue weighted by molar-refractivity contribution is 6.30. The highest BCUT2D eigenvalue weighted by Crippen LogP contribution is 2.19. The summed E-state index contributed by atoms with van der Waals surface area (Å²) in [6.45, 7) is -0.894. The third-order valence-electron chi connectivity index (χ3n) is 3.01. The number of hydrogen-bond acceptors (Lipinski definition) is 5. The number of nitrogens with one attached hydrogen (secondary N) is 1. The molecule has 0 unspecified atom stereocenters. The van der Waals surface area contributed by atoms with Gasteiger partial charge >= 0.3 is 5.97 Å². The lowest BCUT2D eigenvalue weighted by Crippen LogP contribution is -2.21. The Kier molecular flexibility index (Phi) is 6.51. The van der Waals surface area contributed by atoms with Gasteiger partial charge in [-0.05, 0) is 42.5 Å². The van der Waals surface area contributed by atoms with Gasteiger partial charge in [0.05, 0.1) is 11.3 Å². The molecule has 0 spiro atoms. The summed E-state index contributed by atoms with van der Waals surface area (Å²) in [6, 6.07) is 9.36. The van der Waals surface area contributed by atoms with Crippen molar-refractivity contribution < 1.29 is 28.2 Å². The Labute approximate surface area is 152 Å². The van der Waals surface area contributed by atoms with Gasteiger partial charge < -0.3 is 20.5 Å². The van der Waals surface area contributed by atoms with Crippen molar-refractivity contribution in [1.82, 2.24) is 0 Å². The summed E-state index contributed by atoms with van der Waals surface area (Å²) in [7, 11) is 0. The number of halogens is 2. The molecular formula is C17H14ClFN2O5. The van der Waals surface area contributed by atoms with Crippen molar-refractivity contribution in [2.75, 3.05) is 18.5 Å². The van der Waals surface area contributed by atoms with Crippen LogP contribution in [0.25, 0.3) is 0 Å². The second-order valence-electron chi connectivity index (χ2n) is 5.03. The van der Waals surface area contributed by atoms with E-state index in [1.54, 1.807) is 0 Å². The van der Waals surface area contributed by atoms with Gasteiger partial charge in [0.25, 0.3) is 11.8 Å². The first-order valence-electron chi connectivity index (χ1n) is 7.28. The summed E-state index contributed by atoms with van der Waals surface area (Å²) in [5.41, 5.74) is 5.00. The first-order chi connectivity index (χ1) is 12.3. The number of carbonyl (C=O) groups excluding carboxylic acids is 3. The first kappa shape index (κ1) is 19.2. The minimum atomic E-state index is -0.756. The largest absolute Gasteiger partial charge is 0.484 e. The fourth-order valence-corrected chi connectivity index (χ4v) is 2.01. The maximum Gasteiger partial charge on any atom is 0.338 e. The Bertz CT molecular complexity index is 826. The van der Waals surface area contributed by atoms with Crippen LogP contribution in [-0.2, 0) is 14.3 Å². The van der Waals surface area contributed by atoms with E-state index in [1.165, 1.54) is 36.4 Å². The molecule has 0 fully saturated rings. The number of primary amides is 1. The average molecular weight is 381 g/mol. The molecule has 0 radical (unpaired) electrons. The summed E-state index contributed by atoms with van der Waals surface area (Å²) >= 11 is 5.72. The van der Waals surface area contributed by atoms with E-state index in [4.69, 9.17) is 26.8 Å². The van der Waals surface area contributed by atoms with Crippen LogP contribution in [0.15, 0.2) is 42.5 Å². The molecule has 2 aromatic rings. The van der Waals surface area contributed by atoms with Gasteiger partial charge in [0.2, 0.25) is 0 Å². The quantitative estimate of drug-likeness (QED) is 0.715. The number of hydrogen-bond donors (Lipinski definition) is 2. The summed E-state index contributed by atoms with van der Waals surface area (Å²) in [5.74, 6) is -2.43. The maximum atomic E-state index is 13.5. The molecule has 2 aromatic carbocycles. The zero-order chi connectivity index (χ0) is 19.1. The molecule has 9 heteroatoms. The average Bonchev–Trinajstić information content (AvgIpc) is 2.61. The molecule has 0 aromatic heterocycles. The molecule has 0 bridgehead atoms. The van der Waals surface area contributed by atoms with E-state index in [1.807, 2.05) is 0 Å². The number of carbonyl (C=O) groups is 3. The van der Waals surface area contributed by atoms with Crippen molar-refractivity contribution in [2.24, 2.45) is 5.73 Å². The van der Waals surface area contributed by atoms with E-state index in [-0.39, 0.29) is 22.9 Å². The zero-order valence-corrected chi connectivity index (χ0v) is 14.1. The first-order valence-corrected chi connectivity index (χ1v) is 7.66. The number of amides is 2. The van der Waals surface area contributed by atoms with Gasteiger partial charge in [-0.2, -0.15) is 0 Å². The normalized spacial score (nSPS) is 10.1. The van der Waals surface area contributed by atoms with Crippen LogP contribution in [-0.4, -0.2) is 31.0 Å². The molecule has 0 atom stereocenters. The maximum absolute atomic E-state index is 13.5. The van der Waals surface area contributed by atoms with Gasteiger partial charge in [0, 0.05) is 5.02 Å². The molecule has 26 heavy (non-hydrogen) atoms. The third kappa shape index (κ3) is 5.75. The molecule has 7 nitrogen and oxygen atoms in total. The Balaban J connectivity index is 1.86. The molecule has 0 saturated heterocycles. The van der Waals surface area contributed by atoms with Gasteiger partial charge in [-0.25, -0.2) is 9.18 Å². The minimum absolute atomic E-state index is 0.116. The monoisotopic (exact) mass is 380 g/mol. The summed E-state index contributed by atoms with van der Waals surface area (Å²) in [4.78, 5) is 34.3. The van der Waals surface area contributed by atoms with Gasteiger partial charge in [-0.3, -0.25) is 9.59 Å². The lowest BCUT2D eigenvalue weighted by atomic mass is 10.2. The second kappa shape index (κ2) is 8.82. The Morgan fingerprint density at radius 1 is 1.08 bits per heavy atom. The smallest absolute Gasteiger partial charge is 0.338 e. The van der Waals surface area contributed by atoms with Crippen LogP contribution in [0, 0.1) is 5.82 Å². The van der Waals surface area contributed by atoms with Crippen molar-refractivity contribution in [3.63, 3.8) is 0 Å². The number of ether oxygens (including phenoxy) is 2. The zero-order valence-electron chi connectivity index (χ0n) is 13.3. The number of anilines is 1. The number of rotatable bonds is 7. The predicted octanol–water partition coefficient (Wildman–Crippen LogP) is 2.14. The van der Waals surface area contributed by atoms with Crippen LogP contribution >= 0.6 is 11.6 Å². The molecule has 0 aliphatic carbocycles. The Morgan fingerprint density at radius 3 is 2.42 bits per heavy atom. The van der Waals surface area contributed by atoms with Crippen molar-refractivity contribution in [3.8, 4) is 5.75 Å². The molecule has 0 heterocycles. The van der Waals surface area contributed by atoms with Crippen LogP contribution in [0.4, 0.5) is 10.1 Å². The third-order valence-corrected chi connectivity index (χ3v) is 3.24. The lowest BCUT2D eigenvalue weighted by molar-refractivity contribution is -0.120. The topological polar surface area (TPSA) is 108 Å². The fraction of sp³-hybridized carbons (Fsp3) is 0.118. The summed E-state index contributed by atoms with van der Waals surface area (Å²) < 4.78 is 23.4. The number of esters is 1. The van der Waals surface area contributed by atoms with Crippen LogP contribution < -0.4 is 15.8 Å².